The van der Waals surface area contributed by atoms with Crippen LogP contribution in [-0.4, -0.2) is 9.97 Å². The van der Waals surface area contributed by atoms with Crippen LogP contribution in [-0.2, 0) is 6.18 Å². The highest BCUT2D eigenvalue weighted by atomic mass is 19.4. The van der Waals surface area contributed by atoms with Gasteiger partial charge in [-0.15, -0.1) is 0 Å². The second-order valence-corrected chi connectivity index (χ2v) is 3.72. The van der Waals surface area contributed by atoms with Crippen molar-refractivity contribution < 1.29 is 13.2 Å². The monoisotopic (exact) mass is 269 g/mol. The number of rotatable bonds is 2. The summed E-state index contributed by atoms with van der Waals surface area (Å²) in [5.41, 5.74) is 10.6. The summed E-state index contributed by atoms with van der Waals surface area (Å²) in [7, 11) is 0. The molecular weight excluding hydrogens is 259 g/mol. The molecule has 0 atom stereocenters. The zero-order valence-electron chi connectivity index (χ0n) is 9.57. The number of benzene rings is 1. The molecule has 5 N–H and O–H groups in total. The Kier molecular flexibility index (Phi) is 3.16. The van der Waals surface area contributed by atoms with E-state index in [1.165, 1.54) is 18.5 Å². The van der Waals surface area contributed by atoms with Crippen LogP contribution in [0.1, 0.15) is 5.56 Å². The first kappa shape index (κ1) is 12.9. The summed E-state index contributed by atoms with van der Waals surface area (Å²) in [5, 5.41) is 2.67. The fourth-order valence-electron chi connectivity index (χ4n) is 1.42. The number of halogens is 3. The zero-order valence-corrected chi connectivity index (χ0v) is 9.57. The summed E-state index contributed by atoms with van der Waals surface area (Å²) in [6, 6.07) is 4.68. The first-order valence-electron chi connectivity index (χ1n) is 5.18. The molecule has 2 aromatic rings. The molecule has 0 aliphatic carbocycles. The molecule has 0 spiro atoms. The molecule has 1 aromatic heterocycles. The summed E-state index contributed by atoms with van der Waals surface area (Å²) >= 11 is 0. The highest BCUT2D eigenvalue weighted by Crippen LogP contribution is 2.32. The number of nitrogens with two attached hydrogens (primary N) is 2. The minimum Gasteiger partial charge on any atom is -0.393 e. The lowest BCUT2D eigenvalue weighted by Crippen LogP contribution is -2.07. The SMILES string of the molecule is Nc1ncnc(Nc2cccc(C(F)(F)F)c2)c1N. The van der Waals surface area contributed by atoms with Crippen LogP contribution in [0.4, 0.5) is 36.2 Å². The minimum absolute atomic E-state index is 0.0597. The molecule has 0 saturated heterocycles. The predicted molar refractivity (Wildman–Crippen MR) is 65.6 cm³/mol. The average Bonchev–Trinajstić information content (AvgIpc) is 2.34. The van der Waals surface area contributed by atoms with Crippen LogP contribution < -0.4 is 16.8 Å². The molecule has 0 amide bonds. The zero-order chi connectivity index (χ0) is 14.0. The standard InChI is InChI=1S/C11H10F3N5/c12-11(13,14)6-2-1-3-7(4-6)19-10-8(15)9(16)17-5-18-10/h1-5H,15H2,(H3,16,17,18,19). The Hall–Kier alpha value is -2.51. The highest BCUT2D eigenvalue weighted by molar-refractivity contribution is 5.76. The van der Waals surface area contributed by atoms with Gasteiger partial charge >= 0.3 is 6.18 Å². The van der Waals surface area contributed by atoms with Gasteiger partial charge < -0.3 is 16.8 Å². The molecular formula is C11H10F3N5. The van der Waals surface area contributed by atoms with Crippen molar-refractivity contribution in [3.8, 4) is 0 Å². The number of aromatic nitrogens is 2. The molecule has 1 heterocycles. The number of hydrogen-bond acceptors (Lipinski definition) is 5. The van der Waals surface area contributed by atoms with Gasteiger partial charge in [0.25, 0.3) is 0 Å². The Bertz CT molecular complexity index is 597. The molecule has 8 heteroatoms. The maximum absolute atomic E-state index is 12.6. The number of hydrogen-bond donors (Lipinski definition) is 3. The van der Waals surface area contributed by atoms with Gasteiger partial charge in [-0.25, -0.2) is 9.97 Å². The van der Waals surface area contributed by atoms with E-state index >= 15 is 0 Å². The lowest BCUT2D eigenvalue weighted by atomic mass is 10.2. The maximum atomic E-state index is 12.6. The van der Waals surface area contributed by atoms with Gasteiger partial charge in [0, 0.05) is 5.69 Å². The van der Waals surface area contributed by atoms with Crippen LogP contribution in [0, 0.1) is 0 Å². The van der Waals surface area contributed by atoms with E-state index in [0.29, 0.717) is 0 Å². The Morgan fingerprint density at radius 3 is 2.53 bits per heavy atom. The van der Waals surface area contributed by atoms with Crippen LogP contribution in [0.3, 0.4) is 0 Å². The van der Waals surface area contributed by atoms with Crippen LogP contribution >= 0.6 is 0 Å². The van der Waals surface area contributed by atoms with Gasteiger partial charge in [0.15, 0.2) is 11.6 Å². The van der Waals surface area contributed by atoms with Gasteiger partial charge in [-0.1, -0.05) is 6.07 Å². The molecule has 5 nitrogen and oxygen atoms in total. The smallest absolute Gasteiger partial charge is 0.393 e. The third kappa shape index (κ3) is 2.84. The Morgan fingerprint density at radius 1 is 1.11 bits per heavy atom. The Labute approximate surface area is 106 Å². The number of alkyl halides is 3. The normalized spacial score (nSPS) is 11.3. The number of nitrogens with one attached hydrogen (secondary N) is 1. The third-order valence-corrected chi connectivity index (χ3v) is 2.37. The van der Waals surface area contributed by atoms with Crippen molar-refractivity contribution in [2.45, 2.75) is 6.18 Å². The maximum Gasteiger partial charge on any atom is 0.416 e. The molecule has 0 radical (unpaired) electrons. The van der Waals surface area contributed by atoms with Crippen LogP contribution in [0.5, 0.6) is 0 Å². The number of anilines is 4. The van der Waals surface area contributed by atoms with Gasteiger partial charge in [0.2, 0.25) is 0 Å². The molecule has 2 rings (SSSR count). The summed E-state index contributed by atoms with van der Waals surface area (Å²) in [4.78, 5) is 7.48. The van der Waals surface area contributed by atoms with Crippen LogP contribution in [0.25, 0.3) is 0 Å². The van der Waals surface area contributed by atoms with Crippen LogP contribution in [0.2, 0.25) is 0 Å². The largest absolute Gasteiger partial charge is 0.416 e. The van der Waals surface area contributed by atoms with Crippen molar-refractivity contribution in [3.05, 3.63) is 36.2 Å². The lowest BCUT2D eigenvalue weighted by molar-refractivity contribution is -0.137. The Morgan fingerprint density at radius 2 is 1.84 bits per heavy atom. The van der Waals surface area contributed by atoms with Gasteiger partial charge in [-0.3, -0.25) is 0 Å². The van der Waals surface area contributed by atoms with Crippen molar-refractivity contribution in [1.29, 1.82) is 0 Å². The van der Waals surface area contributed by atoms with E-state index in [4.69, 9.17) is 11.5 Å². The van der Waals surface area contributed by atoms with Crippen molar-refractivity contribution in [2.75, 3.05) is 16.8 Å². The van der Waals surface area contributed by atoms with E-state index in [1.807, 2.05) is 0 Å². The fraction of sp³-hybridized carbons (Fsp3) is 0.0909. The highest BCUT2D eigenvalue weighted by Gasteiger charge is 2.30. The first-order chi connectivity index (χ1) is 8.88. The molecule has 0 aliphatic rings. The van der Waals surface area contributed by atoms with E-state index in [2.05, 4.69) is 15.3 Å². The molecule has 0 bridgehead atoms. The van der Waals surface area contributed by atoms with Crippen molar-refractivity contribution in [2.24, 2.45) is 0 Å². The molecule has 0 fully saturated rings. The summed E-state index contributed by atoms with van der Waals surface area (Å²) < 4.78 is 37.7. The fourth-order valence-corrected chi connectivity index (χ4v) is 1.42. The average molecular weight is 269 g/mol. The van der Waals surface area contributed by atoms with E-state index in [0.717, 1.165) is 12.1 Å². The van der Waals surface area contributed by atoms with Gasteiger partial charge in [-0.05, 0) is 18.2 Å². The van der Waals surface area contributed by atoms with Crippen LogP contribution in [0.15, 0.2) is 30.6 Å². The molecule has 0 aliphatic heterocycles. The number of nitrogens with zero attached hydrogens (tertiary/aromatic N) is 2. The molecule has 1 aromatic carbocycles. The lowest BCUT2D eigenvalue weighted by Gasteiger charge is -2.11. The van der Waals surface area contributed by atoms with Crippen molar-refractivity contribution in [3.63, 3.8) is 0 Å². The topological polar surface area (TPSA) is 89.8 Å². The minimum atomic E-state index is -4.41. The van der Waals surface area contributed by atoms with E-state index in [1.54, 1.807) is 0 Å². The van der Waals surface area contributed by atoms with Gasteiger partial charge in [0.05, 0.1) is 5.56 Å². The third-order valence-electron chi connectivity index (χ3n) is 2.37. The van der Waals surface area contributed by atoms with Gasteiger partial charge in [-0.2, -0.15) is 13.2 Å². The Balaban J connectivity index is 2.31. The molecule has 0 unspecified atom stereocenters. The predicted octanol–water partition coefficient (Wildman–Crippen LogP) is 2.40. The van der Waals surface area contributed by atoms with Gasteiger partial charge in [0.1, 0.15) is 12.0 Å². The summed E-state index contributed by atoms with van der Waals surface area (Å²) in [5.74, 6) is 0.219. The second kappa shape index (κ2) is 4.63. The molecule has 100 valence electrons. The summed E-state index contributed by atoms with van der Waals surface area (Å²) in [6.07, 6.45) is -3.24. The molecule has 0 saturated carbocycles. The van der Waals surface area contributed by atoms with E-state index in [-0.39, 0.29) is 23.0 Å². The number of nitrogen functional groups attached to an aromatic ring is 2. The summed E-state index contributed by atoms with van der Waals surface area (Å²) in [6.45, 7) is 0. The second-order valence-electron chi connectivity index (χ2n) is 3.72. The van der Waals surface area contributed by atoms with E-state index in [9.17, 15) is 13.2 Å². The van der Waals surface area contributed by atoms with Crippen molar-refractivity contribution in [1.82, 2.24) is 9.97 Å². The molecule has 19 heavy (non-hydrogen) atoms. The first-order valence-corrected chi connectivity index (χ1v) is 5.18. The quantitative estimate of drug-likeness (QED) is 0.778. The van der Waals surface area contributed by atoms with Crippen molar-refractivity contribution >= 4 is 23.0 Å². The van der Waals surface area contributed by atoms with E-state index < -0.39 is 11.7 Å².